The molecule has 3 rings (SSSR count). The van der Waals surface area contributed by atoms with Crippen LogP contribution < -0.4 is 5.63 Å². The van der Waals surface area contributed by atoms with Crippen molar-refractivity contribution in [3.05, 3.63) is 104 Å². The molecule has 0 atom stereocenters. The largest absolute Gasteiger partial charge is 0.423 e. The lowest BCUT2D eigenvalue weighted by Gasteiger charge is -2.26. The van der Waals surface area contributed by atoms with E-state index in [9.17, 15) is 14.9 Å². The standard InChI is InChI=1S/C25H28N2O4/c1-20-11-14-25(28)31-24(20)13-12-23(27(29)30)10-6-3-7-17-26-18-15-22(16-19-26)21-8-4-2-5-9-21/h2,4-5,8-15H,3,6-7,16-19H2,1H3/b13-12-,23-10-. The van der Waals surface area contributed by atoms with E-state index in [2.05, 4.69) is 35.2 Å². The summed E-state index contributed by atoms with van der Waals surface area (Å²) in [5.41, 5.74) is 3.01. The SMILES string of the molecule is Cc1ccc(=O)oc1/C=C\C(=C\CCCCN1CC=C(c2ccccc2)CC1)[N+](=O)[O-]. The summed E-state index contributed by atoms with van der Waals surface area (Å²) in [6.45, 7) is 4.77. The molecule has 0 unspecified atom stereocenters. The number of nitro groups is 1. The van der Waals surface area contributed by atoms with Crippen molar-refractivity contribution in [2.24, 2.45) is 0 Å². The zero-order valence-corrected chi connectivity index (χ0v) is 17.8. The first-order valence-electron chi connectivity index (χ1n) is 10.6. The average molecular weight is 421 g/mol. The second-order valence-electron chi connectivity index (χ2n) is 7.66. The number of aryl methyl sites for hydroxylation is 1. The lowest BCUT2D eigenvalue weighted by atomic mass is 9.99. The maximum Gasteiger partial charge on any atom is 0.336 e. The van der Waals surface area contributed by atoms with Crippen LogP contribution in [0, 0.1) is 17.0 Å². The number of rotatable bonds is 9. The van der Waals surface area contributed by atoms with Crippen LogP contribution in [0.3, 0.4) is 0 Å². The lowest BCUT2D eigenvalue weighted by Crippen LogP contribution is -2.29. The molecule has 0 spiro atoms. The molecule has 0 radical (unpaired) electrons. The molecule has 31 heavy (non-hydrogen) atoms. The molecular formula is C25H28N2O4. The van der Waals surface area contributed by atoms with Crippen LogP contribution in [-0.2, 0) is 0 Å². The molecule has 0 aliphatic carbocycles. The van der Waals surface area contributed by atoms with E-state index in [1.165, 1.54) is 29.4 Å². The van der Waals surface area contributed by atoms with Crippen molar-refractivity contribution in [1.29, 1.82) is 0 Å². The third-order valence-electron chi connectivity index (χ3n) is 5.40. The van der Waals surface area contributed by atoms with Crippen molar-refractivity contribution < 1.29 is 9.34 Å². The van der Waals surface area contributed by atoms with Crippen LogP contribution in [0.1, 0.15) is 42.6 Å². The van der Waals surface area contributed by atoms with Crippen LogP contribution in [0.15, 0.2) is 75.6 Å². The monoisotopic (exact) mass is 420 g/mol. The molecule has 6 nitrogen and oxygen atoms in total. The average Bonchev–Trinajstić information content (AvgIpc) is 2.78. The fraction of sp³-hybridized carbons (Fsp3) is 0.320. The number of unbranched alkanes of at least 4 members (excludes halogenated alkanes) is 2. The van der Waals surface area contributed by atoms with E-state index in [1.54, 1.807) is 19.1 Å². The minimum absolute atomic E-state index is 0.0133. The number of benzene rings is 1. The number of nitrogens with zero attached hydrogens (tertiary/aromatic N) is 2. The van der Waals surface area contributed by atoms with Crippen LogP contribution >= 0.6 is 0 Å². The molecule has 1 aliphatic rings. The predicted molar refractivity (Wildman–Crippen MR) is 123 cm³/mol. The zero-order chi connectivity index (χ0) is 22.1. The highest BCUT2D eigenvalue weighted by Crippen LogP contribution is 2.22. The fourth-order valence-electron chi connectivity index (χ4n) is 3.59. The first-order valence-corrected chi connectivity index (χ1v) is 10.6. The summed E-state index contributed by atoms with van der Waals surface area (Å²) in [6.07, 6.45) is 10.4. The number of allylic oxidation sites excluding steroid dienone is 2. The maximum atomic E-state index is 11.3. The van der Waals surface area contributed by atoms with Crippen molar-refractivity contribution in [3.63, 3.8) is 0 Å². The van der Waals surface area contributed by atoms with Gasteiger partial charge >= 0.3 is 5.63 Å². The summed E-state index contributed by atoms with van der Waals surface area (Å²) in [5, 5.41) is 11.3. The highest BCUT2D eigenvalue weighted by Gasteiger charge is 2.12. The Morgan fingerprint density at radius 1 is 1.19 bits per heavy atom. The van der Waals surface area contributed by atoms with Crippen molar-refractivity contribution in [1.82, 2.24) is 4.90 Å². The minimum Gasteiger partial charge on any atom is -0.423 e. The molecule has 1 aromatic carbocycles. The summed E-state index contributed by atoms with van der Waals surface area (Å²) in [7, 11) is 0. The summed E-state index contributed by atoms with van der Waals surface area (Å²) in [5.74, 6) is 0.341. The molecule has 0 saturated heterocycles. The van der Waals surface area contributed by atoms with Gasteiger partial charge in [0.15, 0.2) is 0 Å². The smallest absolute Gasteiger partial charge is 0.336 e. The third-order valence-corrected chi connectivity index (χ3v) is 5.40. The Hall–Kier alpha value is -3.25. The summed E-state index contributed by atoms with van der Waals surface area (Å²) < 4.78 is 5.08. The first-order chi connectivity index (χ1) is 15.0. The van der Waals surface area contributed by atoms with E-state index in [-0.39, 0.29) is 5.70 Å². The molecule has 162 valence electrons. The molecule has 2 aromatic rings. The first kappa shape index (κ1) is 22.4. The normalized spacial score (nSPS) is 15.3. The molecule has 6 heteroatoms. The van der Waals surface area contributed by atoms with E-state index in [1.807, 2.05) is 6.07 Å². The number of hydrogen-bond donors (Lipinski definition) is 0. The Bertz CT molecular complexity index is 1030. The van der Waals surface area contributed by atoms with Gasteiger partial charge in [-0.3, -0.25) is 15.0 Å². The van der Waals surface area contributed by atoms with E-state index < -0.39 is 10.5 Å². The Morgan fingerprint density at radius 3 is 2.71 bits per heavy atom. The molecule has 0 N–H and O–H groups in total. The highest BCUT2D eigenvalue weighted by molar-refractivity contribution is 5.66. The predicted octanol–water partition coefficient (Wildman–Crippen LogP) is 5.08. The molecule has 2 heterocycles. The van der Waals surface area contributed by atoms with Gasteiger partial charge in [0, 0.05) is 25.2 Å². The second kappa shape index (κ2) is 11.2. The Morgan fingerprint density at radius 2 is 2.00 bits per heavy atom. The molecule has 0 amide bonds. The zero-order valence-electron chi connectivity index (χ0n) is 17.8. The van der Waals surface area contributed by atoms with E-state index >= 15 is 0 Å². The van der Waals surface area contributed by atoms with E-state index in [0.29, 0.717) is 12.2 Å². The molecule has 0 bridgehead atoms. The fourth-order valence-corrected chi connectivity index (χ4v) is 3.59. The van der Waals surface area contributed by atoms with Gasteiger partial charge in [0.25, 0.3) is 5.70 Å². The van der Waals surface area contributed by atoms with Gasteiger partial charge in [0.2, 0.25) is 0 Å². The van der Waals surface area contributed by atoms with Gasteiger partial charge in [-0.15, -0.1) is 0 Å². The number of hydrogen-bond acceptors (Lipinski definition) is 5. The van der Waals surface area contributed by atoms with Gasteiger partial charge in [-0.25, -0.2) is 4.79 Å². The van der Waals surface area contributed by atoms with Gasteiger partial charge < -0.3 is 4.42 Å². The van der Waals surface area contributed by atoms with Crippen molar-refractivity contribution in [3.8, 4) is 0 Å². The van der Waals surface area contributed by atoms with Gasteiger partial charge in [0.1, 0.15) is 5.76 Å². The van der Waals surface area contributed by atoms with E-state index in [4.69, 9.17) is 4.42 Å². The van der Waals surface area contributed by atoms with Crippen molar-refractivity contribution in [2.45, 2.75) is 32.6 Å². The summed E-state index contributed by atoms with van der Waals surface area (Å²) in [6, 6.07) is 13.5. The Balaban J connectivity index is 1.45. The van der Waals surface area contributed by atoms with E-state index in [0.717, 1.165) is 44.5 Å². The quantitative estimate of drug-likeness (QED) is 0.245. The summed E-state index contributed by atoms with van der Waals surface area (Å²) in [4.78, 5) is 24.7. The summed E-state index contributed by atoms with van der Waals surface area (Å²) >= 11 is 0. The topological polar surface area (TPSA) is 76.6 Å². The Kier molecular flexibility index (Phi) is 8.12. The van der Waals surface area contributed by atoms with Gasteiger partial charge in [-0.1, -0.05) is 36.4 Å². The van der Waals surface area contributed by atoms with Crippen LogP contribution in [0.25, 0.3) is 11.6 Å². The third kappa shape index (κ3) is 6.89. The molecule has 0 fully saturated rings. The van der Waals surface area contributed by atoms with Crippen molar-refractivity contribution >= 4 is 11.6 Å². The maximum absolute atomic E-state index is 11.3. The van der Waals surface area contributed by atoms with Crippen LogP contribution in [0.5, 0.6) is 0 Å². The van der Waals surface area contributed by atoms with Gasteiger partial charge in [-0.05, 0) is 74.1 Å². The van der Waals surface area contributed by atoms with Crippen molar-refractivity contribution in [2.75, 3.05) is 19.6 Å². The second-order valence-corrected chi connectivity index (χ2v) is 7.66. The minimum atomic E-state index is -0.472. The van der Waals surface area contributed by atoms with Crippen LogP contribution in [0.4, 0.5) is 0 Å². The Labute approximate surface area is 182 Å². The highest BCUT2D eigenvalue weighted by atomic mass is 16.6. The van der Waals surface area contributed by atoms with Gasteiger partial charge in [0.05, 0.1) is 4.92 Å². The van der Waals surface area contributed by atoms with Crippen LogP contribution in [0.2, 0.25) is 0 Å². The molecule has 0 saturated carbocycles. The molecular weight excluding hydrogens is 392 g/mol. The van der Waals surface area contributed by atoms with Gasteiger partial charge in [-0.2, -0.15) is 0 Å². The lowest BCUT2D eigenvalue weighted by molar-refractivity contribution is -0.419. The molecule has 1 aromatic heterocycles. The molecule has 1 aliphatic heterocycles. The van der Waals surface area contributed by atoms with Crippen LogP contribution in [-0.4, -0.2) is 29.5 Å².